The molecule has 1 saturated heterocycles. The summed E-state index contributed by atoms with van der Waals surface area (Å²) in [4.78, 5) is 18.8. The van der Waals surface area contributed by atoms with Crippen LogP contribution >= 0.6 is 22.9 Å². The molecular weight excluding hydrogens is 485 g/mol. The SMILES string of the molecule is C#C[C@@](C)(c1csc(NC(=O)c2c(F)cc(N3CCNCC3)cc2F)n1)c1ccc(Cl)cc1F. The van der Waals surface area contributed by atoms with Crippen LogP contribution < -0.4 is 15.5 Å². The third-order valence-electron chi connectivity index (χ3n) is 5.73. The van der Waals surface area contributed by atoms with Crippen LogP contribution in [0.5, 0.6) is 0 Å². The fourth-order valence-corrected chi connectivity index (χ4v) is 4.76. The van der Waals surface area contributed by atoms with Crippen LogP contribution in [0.4, 0.5) is 24.0 Å². The summed E-state index contributed by atoms with van der Waals surface area (Å²) in [5.41, 5.74) is -1.11. The molecule has 2 N–H and O–H groups in total. The summed E-state index contributed by atoms with van der Waals surface area (Å²) in [6, 6.07) is 6.43. The second kappa shape index (κ2) is 9.66. The van der Waals surface area contributed by atoms with Gasteiger partial charge in [-0.2, -0.15) is 0 Å². The van der Waals surface area contributed by atoms with Crippen molar-refractivity contribution in [3.63, 3.8) is 0 Å². The van der Waals surface area contributed by atoms with E-state index in [4.69, 9.17) is 18.0 Å². The van der Waals surface area contributed by atoms with Crippen LogP contribution in [0, 0.1) is 29.8 Å². The molecule has 3 aromatic rings. The number of carbonyl (C=O) groups is 1. The lowest BCUT2D eigenvalue weighted by Gasteiger charge is -2.29. The highest BCUT2D eigenvalue weighted by Crippen LogP contribution is 2.36. The number of rotatable bonds is 5. The number of amides is 1. The van der Waals surface area contributed by atoms with Gasteiger partial charge in [-0.3, -0.25) is 10.1 Å². The van der Waals surface area contributed by atoms with Crippen LogP contribution in [0.3, 0.4) is 0 Å². The van der Waals surface area contributed by atoms with E-state index in [1.165, 1.54) is 12.1 Å². The van der Waals surface area contributed by atoms with Crippen molar-refractivity contribution in [1.29, 1.82) is 0 Å². The summed E-state index contributed by atoms with van der Waals surface area (Å²) in [5, 5.41) is 7.43. The third kappa shape index (κ3) is 4.62. The predicted octanol–water partition coefficient (Wildman–Crippen LogP) is 4.81. The van der Waals surface area contributed by atoms with Crippen LogP contribution in [-0.2, 0) is 5.41 Å². The van der Waals surface area contributed by atoms with Crippen LogP contribution in [0.2, 0.25) is 5.02 Å². The van der Waals surface area contributed by atoms with Gasteiger partial charge in [0, 0.05) is 47.8 Å². The smallest absolute Gasteiger partial charge is 0.263 e. The number of hydrogen-bond acceptors (Lipinski definition) is 5. The van der Waals surface area contributed by atoms with Gasteiger partial charge in [0.05, 0.1) is 11.1 Å². The Bertz CT molecular complexity index is 1260. The molecule has 1 aliphatic rings. The summed E-state index contributed by atoms with van der Waals surface area (Å²) in [7, 11) is 0. The number of thiazole rings is 1. The van der Waals surface area contributed by atoms with E-state index in [0.29, 0.717) is 37.6 Å². The van der Waals surface area contributed by atoms with Crippen molar-refractivity contribution in [2.75, 3.05) is 36.4 Å². The number of terminal acetylenes is 1. The Morgan fingerprint density at radius 3 is 2.50 bits per heavy atom. The standard InChI is InChI=1S/C24H20ClF3N4OS/c1-3-24(2,16-5-4-14(25)10-17(16)26)20-13-34-23(30-20)31-22(33)21-18(27)11-15(12-19(21)28)32-8-6-29-7-9-32/h1,4-5,10-13,29H,6-9H2,2H3,(H,30,31,33)/t24-/m1/s1. The van der Waals surface area contributed by atoms with Gasteiger partial charge in [0.2, 0.25) is 0 Å². The van der Waals surface area contributed by atoms with Gasteiger partial charge in [-0.1, -0.05) is 23.6 Å². The summed E-state index contributed by atoms with van der Waals surface area (Å²) >= 11 is 6.84. The fraction of sp³-hybridized carbons (Fsp3) is 0.250. The average Bonchev–Trinajstić information content (AvgIpc) is 3.27. The number of halogens is 4. The zero-order valence-electron chi connectivity index (χ0n) is 18.1. The first-order valence-electron chi connectivity index (χ1n) is 10.4. The molecule has 0 bridgehead atoms. The van der Waals surface area contributed by atoms with Gasteiger partial charge in [0.1, 0.15) is 23.0 Å². The van der Waals surface area contributed by atoms with Crippen molar-refractivity contribution >= 4 is 39.7 Å². The zero-order chi connectivity index (χ0) is 24.5. The van der Waals surface area contributed by atoms with Crippen LogP contribution in [0.1, 0.15) is 28.5 Å². The number of aromatic nitrogens is 1. The monoisotopic (exact) mass is 504 g/mol. The lowest BCUT2D eigenvalue weighted by molar-refractivity contribution is 0.101. The summed E-state index contributed by atoms with van der Waals surface area (Å²) in [6.07, 6.45) is 5.72. The van der Waals surface area contributed by atoms with E-state index < -0.39 is 34.3 Å². The molecule has 0 saturated carbocycles. The molecule has 1 aromatic heterocycles. The molecule has 4 rings (SSSR count). The topological polar surface area (TPSA) is 57.3 Å². The number of nitrogens with one attached hydrogen (secondary N) is 2. The summed E-state index contributed by atoms with van der Waals surface area (Å²) in [5.74, 6) is -0.981. The van der Waals surface area contributed by atoms with Gasteiger partial charge in [-0.05, 0) is 31.2 Å². The third-order valence-corrected chi connectivity index (χ3v) is 6.72. The Hall–Kier alpha value is -3.06. The van der Waals surface area contributed by atoms with E-state index in [1.807, 2.05) is 4.90 Å². The maximum absolute atomic E-state index is 14.7. The highest BCUT2D eigenvalue weighted by Gasteiger charge is 2.33. The van der Waals surface area contributed by atoms with Gasteiger partial charge < -0.3 is 10.2 Å². The van der Waals surface area contributed by atoms with Crippen LogP contribution in [-0.4, -0.2) is 37.1 Å². The van der Waals surface area contributed by atoms with Gasteiger partial charge in [-0.25, -0.2) is 18.2 Å². The van der Waals surface area contributed by atoms with Crippen molar-refractivity contribution in [2.45, 2.75) is 12.3 Å². The molecule has 5 nitrogen and oxygen atoms in total. The fourth-order valence-electron chi connectivity index (χ4n) is 3.79. The molecule has 1 fully saturated rings. The van der Waals surface area contributed by atoms with Gasteiger partial charge in [-0.15, -0.1) is 17.8 Å². The molecule has 0 aliphatic carbocycles. The quantitative estimate of drug-likeness (QED) is 0.489. The number of piperazine rings is 1. The molecule has 1 amide bonds. The molecule has 0 radical (unpaired) electrons. The van der Waals surface area contributed by atoms with Crippen molar-refractivity contribution in [3.8, 4) is 12.3 Å². The average molecular weight is 505 g/mol. The molecule has 0 unspecified atom stereocenters. The lowest BCUT2D eigenvalue weighted by Crippen LogP contribution is -2.43. The minimum absolute atomic E-state index is 0.0702. The number of benzene rings is 2. The molecule has 34 heavy (non-hydrogen) atoms. The van der Waals surface area contributed by atoms with E-state index >= 15 is 0 Å². The van der Waals surface area contributed by atoms with E-state index in [9.17, 15) is 18.0 Å². The van der Waals surface area contributed by atoms with E-state index in [-0.39, 0.29) is 15.7 Å². The molecule has 2 aromatic carbocycles. The van der Waals surface area contributed by atoms with Gasteiger partial charge in [0.25, 0.3) is 5.91 Å². The van der Waals surface area contributed by atoms with Gasteiger partial charge in [0.15, 0.2) is 5.13 Å². The predicted molar refractivity (Wildman–Crippen MR) is 128 cm³/mol. The van der Waals surface area contributed by atoms with Crippen molar-refractivity contribution < 1.29 is 18.0 Å². The van der Waals surface area contributed by atoms with E-state index in [2.05, 4.69) is 21.5 Å². The largest absolute Gasteiger partial charge is 0.369 e. The van der Waals surface area contributed by atoms with E-state index in [0.717, 1.165) is 29.5 Å². The Morgan fingerprint density at radius 1 is 1.21 bits per heavy atom. The van der Waals surface area contributed by atoms with Crippen LogP contribution in [0.15, 0.2) is 35.7 Å². The normalized spacial score (nSPS) is 15.5. The Balaban J connectivity index is 1.57. The van der Waals surface area contributed by atoms with Crippen molar-refractivity contribution in [2.24, 2.45) is 0 Å². The first-order chi connectivity index (χ1) is 16.2. The van der Waals surface area contributed by atoms with E-state index in [1.54, 1.807) is 12.3 Å². The summed E-state index contributed by atoms with van der Waals surface area (Å²) in [6.45, 7) is 4.22. The molecular formula is C24H20ClF3N4OS. The molecule has 1 aliphatic heterocycles. The maximum Gasteiger partial charge on any atom is 0.263 e. The second-order valence-electron chi connectivity index (χ2n) is 7.91. The second-order valence-corrected chi connectivity index (χ2v) is 9.20. The minimum Gasteiger partial charge on any atom is -0.369 e. The number of nitrogens with zero attached hydrogens (tertiary/aromatic N) is 2. The van der Waals surface area contributed by atoms with Crippen LogP contribution in [0.25, 0.3) is 0 Å². The highest BCUT2D eigenvalue weighted by atomic mass is 35.5. The number of anilines is 2. The van der Waals surface area contributed by atoms with Crippen molar-refractivity contribution in [1.82, 2.24) is 10.3 Å². The van der Waals surface area contributed by atoms with Crippen molar-refractivity contribution in [3.05, 3.63) is 75.0 Å². The number of carbonyl (C=O) groups excluding carboxylic acids is 1. The Morgan fingerprint density at radius 2 is 1.88 bits per heavy atom. The Kier molecular flexibility index (Phi) is 6.84. The molecule has 10 heteroatoms. The number of hydrogen-bond donors (Lipinski definition) is 2. The zero-order valence-corrected chi connectivity index (χ0v) is 19.7. The molecule has 2 heterocycles. The summed E-state index contributed by atoms with van der Waals surface area (Å²) < 4.78 is 44.0. The Labute approximate surface area is 204 Å². The first-order valence-corrected chi connectivity index (χ1v) is 11.6. The maximum atomic E-state index is 14.7. The van der Waals surface area contributed by atoms with Gasteiger partial charge >= 0.3 is 0 Å². The molecule has 1 atom stereocenters. The molecule has 0 spiro atoms. The highest BCUT2D eigenvalue weighted by molar-refractivity contribution is 7.14. The minimum atomic E-state index is -1.25. The first kappa shape index (κ1) is 24.1. The molecule has 176 valence electrons. The lowest BCUT2D eigenvalue weighted by atomic mass is 9.80.